The van der Waals surface area contributed by atoms with E-state index in [0.29, 0.717) is 12.2 Å². The molecule has 1 saturated heterocycles. The molecule has 1 atom stereocenters. The normalized spacial score (nSPS) is 19.1. The van der Waals surface area contributed by atoms with Crippen molar-refractivity contribution in [3.05, 3.63) is 30.1 Å². The standard InChI is InChI=1S/C14H17FN2O5S/c15-11-1-3-12(4-2-11)22-8-14(19)17-16-13(18)7-10-5-6-23(20,21)9-10/h1-4,10H,5-9H2,(H,16,18)(H,17,19)/t10-/m0/s1. The van der Waals surface area contributed by atoms with E-state index in [1.54, 1.807) is 0 Å². The molecular weight excluding hydrogens is 327 g/mol. The van der Waals surface area contributed by atoms with Crippen LogP contribution in [0.5, 0.6) is 5.75 Å². The molecule has 2 amide bonds. The number of hydrazine groups is 1. The summed E-state index contributed by atoms with van der Waals surface area (Å²) >= 11 is 0. The Balaban J connectivity index is 1.66. The van der Waals surface area contributed by atoms with Gasteiger partial charge in [-0.3, -0.25) is 20.4 Å². The van der Waals surface area contributed by atoms with Gasteiger partial charge in [-0.15, -0.1) is 0 Å². The minimum atomic E-state index is -3.03. The summed E-state index contributed by atoms with van der Waals surface area (Å²) in [6.45, 7) is -0.344. The van der Waals surface area contributed by atoms with Crippen molar-refractivity contribution < 1.29 is 27.1 Å². The summed E-state index contributed by atoms with van der Waals surface area (Å²) in [5.41, 5.74) is 4.38. The van der Waals surface area contributed by atoms with Crippen molar-refractivity contribution in [2.24, 2.45) is 5.92 Å². The van der Waals surface area contributed by atoms with Crippen molar-refractivity contribution in [2.75, 3.05) is 18.1 Å². The Kier molecular flexibility index (Phi) is 5.54. The number of nitrogens with one attached hydrogen (secondary N) is 2. The number of carbonyl (C=O) groups is 2. The Bertz CT molecular complexity index is 675. The van der Waals surface area contributed by atoms with Crippen LogP contribution in [0.4, 0.5) is 4.39 Å². The lowest BCUT2D eigenvalue weighted by Gasteiger charge is -2.10. The molecule has 0 saturated carbocycles. The molecule has 0 aromatic heterocycles. The van der Waals surface area contributed by atoms with Crippen LogP contribution in [0.25, 0.3) is 0 Å². The van der Waals surface area contributed by atoms with Gasteiger partial charge in [-0.2, -0.15) is 0 Å². The van der Waals surface area contributed by atoms with Gasteiger partial charge in [-0.1, -0.05) is 0 Å². The Labute approximate surface area is 133 Å². The van der Waals surface area contributed by atoms with E-state index >= 15 is 0 Å². The van der Waals surface area contributed by atoms with E-state index in [4.69, 9.17) is 4.74 Å². The fourth-order valence-corrected chi connectivity index (χ4v) is 4.06. The van der Waals surface area contributed by atoms with E-state index in [-0.39, 0.29) is 30.5 Å². The Morgan fingerprint density at radius 3 is 2.43 bits per heavy atom. The molecule has 0 spiro atoms. The van der Waals surface area contributed by atoms with Crippen LogP contribution in [-0.4, -0.2) is 38.3 Å². The number of amides is 2. The van der Waals surface area contributed by atoms with Gasteiger partial charge in [0.2, 0.25) is 5.91 Å². The Hall–Kier alpha value is -2.16. The van der Waals surface area contributed by atoms with Crippen LogP contribution in [0.2, 0.25) is 0 Å². The Morgan fingerprint density at radius 2 is 1.83 bits per heavy atom. The second kappa shape index (κ2) is 7.40. The minimum Gasteiger partial charge on any atom is -0.484 e. The van der Waals surface area contributed by atoms with Gasteiger partial charge in [-0.05, 0) is 36.6 Å². The highest BCUT2D eigenvalue weighted by Crippen LogP contribution is 2.21. The van der Waals surface area contributed by atoms with E-state index in [2.05, 4.69) is 10.9 Å². The highest BCUT2D eigenvalue weighted by atomic mass is 32.2. The SMILES string of the molecule is O=C(COc1ccc(F)cc1)NNC(=O)C[C@@H]1CCS(=O)(=O)C1. The van der Waals surface area contributed by atoms with Crippen LogP contribution < -0.4 is 15.6 Å². The predicted octanol–water partition coefficient (Wildman–Crippen LogP) is 0.177. The maximum absolute atomic E-state index is 12.7. The molecule has 126 valence electrons. The number of sulfone groups is 1. The number of carbonyl (C=O) groups excluding carboxylic acids is 2. The van der Waals surface area contributed by atoms with Crippen LogP contribution in [0, 0.1) is 11.7 Å². The molecule has 2 rings (SSSR count). The molecule has 9 heteroatoms. The van der Waals surface area contributed by atoms with Crippen LogP contribution in [-0.2, 0) is 19.4 Å². The van der Waals surface area contributed by atoms with Crippen molar-refractivity contribution in [1.82, 2.24) is 10.9 Å². The first kappa shape index (κ1) is 17.2. The van der Waals surface area contributed by atoms with Crippen LogP contribution in [0.1, 0.15) is 12.8 Å². The van der Waals surface area contributed by atoms with Crippen LogP contribution in [0.15, 0.2) is 24.3 Å². The fraction of sp³-hybridized carbons (Fsp3) is 0.429. The number of halogens is 1. The van der Waals surface area contributed by atoms with Crippen molar-refractivity contribution in [3.63, 3.8) is 0 Å². The molecule has 0 aliphatic carbocycles. The number of rotatable bonds is 5. The largest absolute Gasteiger partial charge is 0.484 e. The first-order valence-electron chi connectivity index (χ1n) is 7.00. The number of ether oxygens (including phenoxy) is 1. The summed E-state index contributed by atoms with van der Waals surface area (Å²) in [6, 6.07) is 5.15. The van der Waals surface area contributed by atoms with E-state index in [1.165, 1.54) is 24.3 Å². The summed E-state index contributed by atoms with van der Waals surface area (Å²) in [4.78, 5) is 23.1. The topological polar surface area (TPSA) is 102 Å². The second-order valence-corrected chi connectivity index (χ2v) is 7.54. The van der Waals surface area contributed by atoms with Crippen LogP contribution >= 0.6 is 0 Å². The molecule has 1 aliphatic heterocycles. The maximum atomic E-state index is 12.7. The quantitative estimate of drug-likeness (QED) is 0.742. The molecule has 1 aromatic rings. The van der Waals surface area contributed by atoms with Crippen molar-refractivity contribution in [3.8, 4) is 5.75 Å². The molecule has 1 aliphatic rings. The first-order chi connectivity index (χ1) is 10.8. The van der Waals surface area contributed by atoms with Gasteiger partial charge in [0.25, 0.3) is 5.91 Å². The van der Waals surface area contributed by atoms with Crippen molar-refractivity contribution >= 4 is 21.7 Å². The smallest absolute Gasteiger partial charge is 0.276 e. The summed E-state index contributed by atoms with van der Waals surface area (Å²) in [7, 11) is -3.03. The zero-order valence-corrected chi connectivity index (χ0v) is 13.1. The summed E-state index contributed by atoms with van der Waals surface area (Å²) in [6.07, 6.45) is 0.496. The monoisotopic (exact) mass is 344 g/mol. The third kappa shape index (κ3) is 5.85. The highest BCUT2D eigenvalue weighted by Gasteiger charge is 2.29. The number of benzene rings is 1. The maximum Gasteiger partial charge on any atom is 0.276 e. The van der Waals surface area contributed by atoms with E-state index in [1.807, 2.05) is 0 Å². The van der Waals surface area contributed by atoms with Gasteiger partial charge in [0, 0.05) is 6.42 Å². The third-order valence-corrected chi connectivity index (χ3v) is 5.16. The zero-order chi connectivity index (χ0) is 16.9. The molecule has 23 heavy (non-hydrogen) atoms. The molecule has 1 heterocycles. The molecule has 7 nitrogen and oxygen atoms in total. The lowest BCUT2D eigenvalue weighted by atomic mass is 10.1. The molecule has 0 bridgehead atoms. The lowest BCUT2D eigenvalue weighted by molar-refractivity contribution is -0.130. The molecule has 0 unspecified atom stereocenters. The first-order valence-corrected chi connectivity index (χ1v) is 8.83. The molecule has 1 fully saturated rings. The van der Waals surface area contributed by atoms with Gasteiger partial charge < -0.3 is 4.74 Å². The van der Waals surface area contributed by atoms with Gasteiger partial charge in [0.15, 0.2) is 16.4 Å². The van der Waals surface area contributed by atoms with E-state index in [0.717, 1.165) is 0 Å². The second-order valence-electron chi connectivity index (χ2n) is 5.31. The van der Waals surface area contributed by atoms with Gasteiger partial charge >= 0.3 is 0 Å². The van der Waals surface area contributed by atoms with Gasteiger partial charge in [-0.25, -0.2) is 12.8 Å². The van der Waals surface area contributed by atoms with Crippen molar-refractivity contribution in [1.29, 1.82) is 0 Å². The lowest BCUT2D eigenvalue weighted by Crippen LogP contribution is -2.44. The highest BCUT2D eigenvalue weighted by molar-refractivity contribution is 7.91. The summed E-state index contributed by atoms with van der Waals surface area (Å²) < 4.78 is 40.4. The number of hydrogen-bond donors (Lipinski definition) is 2. The van der Waals surface area contributed by atoms with E-state index < -0.39 is 27.5 Å². The van der Waals surface area contributed by atoms with Crippen LogP contribution in [0.3, 0.4) is 0 Å². The fourth-order valence-electron chi connectivity index (χ4n) is 2.20. The third-order valence-electron chi connectivity index (χ3n) is 3.33. The number of hydrogen-bond acceptors (Lipinski definition) is 5. The molecular formula is C14H17FN2O5S. The molecule has 0 radical (unpaired) electrons. The molecule has 2 N–H and O–H groups in total. The van der Waals surface area contributed by atoms with Gasteiger partial charge in [0.1, 0.15) is 11.6 Å². The zero-order valence-electron chi connectivity index (χ0n) is 12.2. The van der Waals surface area contributed by atoms with Gasteiger partial charge in [0.05, 0.1) is 11.5 Å². The average molecular weight is 344 g/mol. The molecule has 1 aromatic carbocycles. The minimum absolute atomic E-state index is 0.00203. The predicted molar refractivity (Wildman–Crippen MR) is 79.6 cm³/mol. The summed E-state index contributed by atoms with van der Waals surface area (Å²) in [5, 5.41) is 0. The van der Waals surface area contributed by atoms with Crippen molar-refractivity contribution in [2.45, 2.75) is 12.8 Å². The average Bonchev–Trinajstić information content (AvgIpc) is 2.83. The Morgan fingerprint density at radius 1 is 1.17 bits per heavy atom. The van der Waals surface area contributed by atoms with E-state index in [9.17, 15) is 22.4 Å². The summed E-state index contributed by atoms with van der Waals surface area (Å²) in [5.74, 6) is -1.24.